The van der Waals surface area contributed by atoms with Crippen LogP contribution >= 0.6 is 0 Å². The smallest absolute Gasteiger partial charge is 0.405 e. The largest absolute Gasteiger partial charge is 0.480 e. The predicted octanol–water partition coefficient (Wildman–Crippen LogP) is 1.08. The van der Waals surface area contributed by atoms with Crippen LogP contribution in [0.3, 0.4) is 0 Å². The molecule has 0 spiro atoms. The quantitative estimate of drug-likeness (QED) is 0.732. The number of alkyl halides is 3. The van der Waals surface area contributed by atoms with Gasteiger partial charge >= 0.3 is 12.1 Å². The van der Waals surface area contributed by atoms with Gasteiger partial charge in [0.15, 0.2) is 0 Å². The average Bonchev–Trinajstić information content (AvgIpc) is 2.36. The van der Waals surface area contributed by atoms with Crippen LogP contribution in [0.4, 0.5) is 13.2 Å². The van der Waals surface area contributed by atoms with Gasteiger partial charge in [-0.3, -0.25) is 14.9 Å². The molecule has 0 aromatic heterocycles. The summed E-state index contributed by atoms with van der Waals surface area (Å²) in [5, 5.41) is 13.1. The molecule has 1 rings (SSSR count). The fourth-order valence-corrected chi connectivity index (χ4v) is 1.45. The van der Waals surface area contributed by atoms with Crippen molar-refractivity contribution in [2.24, 2.45) is 0 Å². The van der Waals surface area contributed by atoms with Crippen LogP contribution < -0.4 is 10.6 Å². The molecule has 0 bridgehead atoms. The van der Waals surface area contributed by atoms with Gasteiger partial charge in [0.1, 0.15) is 12.6 Å². The zero-order valence-corrected chi connectivity index (χ0v) is 10.3. The molecule has 3 N–H and O–H groups in total. The van der Waals surface area contributed by atoms with E-state index in [9.17, 15) is 22.8 Å². The van der Waals surface area contributed by atoms with E-state index in [-0.39, 0.29) is 0 Å². The molecule has 0 aliphatic carbocycles. The average molecular weight is 290 g/mol. The van der Waals surface area contributed by atoms with Crippen molar-refractivity contribution in [2.75, 3.05) is 13.1 Å². The lowest BCUT2D eigenvalue weighted by Gasteiger charge is -2.15. The Morgan fingerprint density at radius 2 is 1.80 bits per heavy atom. The molecule has 0 aliphatic rings. The van der Waals surface area contributed by atoms with Crippen molar-refractivity contribution in [3.05, 3.63) is 35.9 Å². The van der Waals surface area contributed by atoms with E-state index in [0.29, 0.717) is 5.56 Å². The molecule has 0 heterocycles. The molecule has 0 saturated carbocycles. The highest BCUT2D eigenvalue weighted by Crippen LogP contribution is 2.13. The van der Waals surface area contributed by atoms with Gasteiger partial charge in [0.05, 0.1) is 6.54 Å². The molecule has 0 aliphatic heterocycles. The molecule has 1 atom stereocenters. The van der Waals surface area contributed by atoms with Gasteiger partial charge in [-0.25, -0.2) is 0 Å². The highest BCUT2D eigenvalue weighted by molar-refractivity contribution is 5.80. The Hall–Kier alpha value is -2.09. The van der Waals surface area contributed by atoms with Crippen LogP contribution in [0.5, 0.6) is 0 Å². The van der Waals surface area contributed by atoms with E-state index in [0.717, 1.165) is 0 Å². The van der Waals surface area contributed by atoms with Crippen molar-refractivity contribution in [3.63, 3.8) is 0 Å². The summed E-state index contributed by atoms with van der Waals surface area (Å²) in [6, 6.07) is 6.86. The van der Waals surface area contributed by atoms with Crippen LogP contribution in [0, 0.1) is 0 Å². The van der Waals surface area contributed by atoms with Gasteiger partial charge in [-0.2, -0.15) is 13.2 Å². The maximum Gasteiger partial charge on any atom is 0.405 e. The summed E-state index contributed by atoms with van der Waals surface area (Å²) >= 11 is 0. The summed E-state index contributed by atoms with van der Waals surface area (Å²) in [6.07, 6.45) is -4.50. The van der Waals surface area contributed by atoms with Gasteiger partial charge in [0.25, 0.3) is 0 Å². The van der Waals surface area contributed by atoms with Crippen LogP contribution in [-0.4, -0.2) is 36.2 Å². The molecule has 8 heteroatoms. The number of benzene rings is 1. The Morgan fingerprint density at radius 1 is 1.20 bits per heavy atom. The standard InChI is InChI=1S/C12H13F3N2O3/c13-12(14,15)7-17-9(18)6-16-10(11(19)20)8-4-2-1-3-5-8/h1-5,10,16H,6-7H2,(H,17,18)(H,19,20). The molecule has 1 aromatic carbocycles. The van der Waals surface area contributed by atoms with E-state index in [4.69, 9.17) is 5.11 Å². The highest BCUT2D eigenvalue weighted by atomic mass is 19.4. The van der Waals surface area contributed by atoms with Crippen molar-refractivity contribution in [3.8, 4) is 0 Å². The lowest BCUT2D eigenvalue weighted by molar-refractivity contribution is -0.141. The van der Waals surface area contributed by atoms with Gasteiger partial charge in [-0.05, 0) is 5.56 Å². The molecular weight excluding hydrogens is 277 g/mol. The lowest BCUT2D eigenvalue weighted by Crippen LogP contribution is -2.41. The summed E-state index contributed by atoms with van der Waals surface area (Å²) in [6.45, 7) is -1.97. The molecule has 1 unspecified atom stereocenters. The van der Waals surface area contributed by atoms with Gasteiger partial charge in [0, 0.05) is 0 Å². The third-order valence-electron chi connectivity index (χ3n) is 2.33. The Bertz CT molecular complexity index is 463. The minimum atomic E-state index is -4.50. The SMILES string of the molecule is O=C(CNC(C(=O)O)c1ccccc1)NCC(F)(F)F. The predicted molar refractivity (Wildman–Crippen MR) is 63.9 cm³/mol. The summed E-state index contributed by atoms with van der Waals surface area (Å²) in [5.74, 6) is -2.15. The van der Waals surface area contributed by atoms with Crippen LogP contribution in [0.1, 0.15) is 11.6 Å². The van der Waals surface area contributed by atoms with Crippen molar-refractivity contribution in [1.82, 2.24) is 10.6 Å². The number of carboxylic acids is 1. The number of hydrogen-bond acceptors (Lipinski definition) is 3. The number of nitrogens with one attached hydrogen (secondary N) is 2. The van der Waals surface area contributed by atoms with E-state index in [1.165, 1.54) is 0 Å². The summed E-state index contributed by atoms with van der Waals surface area (Å²) < 4.78 is 35.6. The molecular formula is C12H13F3N2O3. The van der Waals surface area contributed by atoms with E-state index in [2.05, 4.69) is 5.32 Å². The van der Waals surface area contributed by atoms with E-state index >= 15 is 0 Å². The normalized spacial score (nSPS) is 12.8. The second-order valence-corrected chi connectivity index (χ2v) is 3.95. The van der Waals surface area contributed by atoms with E-state index < -0.39 is 37.2 Å². The molecule has 0 radical (unpaired) electrons. The first-order chi connectivity index (χ1) is 9.29. The Kier molecular flexibility index (Phi) is 5.51. The molecule has 110 valence electrons. The Balaban J connectivity index is 2.52. The van der Waals surface area contributed by atoms with Crippen molar-refractivity contribution < 1.29 is 27.9 Å². The molecule has 0 fully saturated rings. The third-order valence-corrected chi connectivity index (χ3v) is 2.33. The minimum Gasteiger partial charge on any atom is -0.480 e. The Morgan fingerprint density at radius 3 is 2.30 bits per heavy atom. The molecule has 5 nitrogen and oxygen atoms in total. The summed E-state index contributed by atoms with van der Waals surface area (Å²) in [5.41, 5.74) is 0.406. The number of amides is 1. The second kappa shape index (κ2) is 6.90. The Labute approximate surface area is 112 Å². The number of halogens is 3. The molecule has 1 amide bonds. The van der Waals surface area contributed by atoms with Crippen LogP contribution in [-0.2, 0) is 9.59 Å². The van der Waals surface area contributed by atoms with Gasteiger partial charge in [0.2, 0.25) is 5.91 Å². The first-order valence-corrected chi connectivity index (χ1v) is 5.64. The van der Waals surface area contributed by atoms with Crippen molar-refractivity contribution in [1.29, 1.82) is 0 Å². The zero-order valence-electron chi connectivity index (χ0n) is 10.3. The zero-order chi connectivity index (χ0) is 15.2. The van der Waals surface area contributed by atoms with E-state index in [1.54, 1.807) is 35.6 Å². The number of carboxylic acid groups (broad SMARTS) is 1. The van der Waals surface area contributed by atoms with Gasteiger partial charge in [-0.1, -0.05) is 30.3 Å². The minimum absolute atomic E-state index is 0.406. The number of aliphatic carboxylic acids is 1. The fraction of sp³-hybridized carbons (Fsp3) is 0.333. The maximum atomic E-state index is 11.9. The van der Waals surface area contributed by atoms with E-state index in [1.807, 2.05) is 0 Å². The van der Waals surface area contributed by atoms with Crippen LogP contribution in [0.2, 0.25) is 0 Å². The lowest BCUT2D eigenvalue weighted by atomic mass is 10.1. The van der Waals surface area contributed by atoms with Crippen molar-refractivity contribution in [2.45, 2.75) is 12.2 Å². The molecule has 1 aromatic rings. The topological polar surface area (TPSA) is 78.4 Å². The number of hydrogen-bond donors (Lipinski definition) is 3. The maximum absolute atomic E-state index is 11.9. The first-order valence-electron chi connectivity index (χ1n) is 5.64. The van der Waals surface area contributed by atoms with Crippen molar-refractivity contribution >= 4 is 11.9 Å². The number of rotatable bonds is 6. The summed E-state index contributed by atoms with van der Waals surface area (Å²) in [7, 11) is 0. The summed E-state index contributed by atoms with van der Waals surface area (Å²) in [4.78, 5) is 22.2. The van der Waals surface area contributed by atoms with Gasteiger partial charge in [-0.15, -0.1) is 0 Å². The molecule has 0 saturated heterocycles. The first kappa shape index (κ1) is 16.0. The highest BCUT2D eigenvalue weighted by Gasteiger charge is 2.28. The molecule has 20 heavy (non-hydrogen) atoms. The third kappa shape index (κ3) is 5.70. The van der Waals surface area contributed by atoms with Gasteiger partial charge < -0.3 is 10.4 Å². The number of carbonyl (C=O) groups is 2. The fourth-order valence-electron chi connectivity index (χ4n) is 1.45. The van der Waals surface area contributed by atoms with Crippen LogP contribution in [0.25, 0.3) is 0 Å². The second-order valence-electron chi connectivity index (χ2n) is 3.95. The van der Waals surface area contributed by atoms with Crippen LogP contribution in [0.15, 0.2) is 30.3 Å². The number of carbonyl (C=O) groups excluding carboxylic acids is 1. The monoisotopic (exact) mass is 290 g/mol.